The van der Waals surface area contributed by atoms with E-state index in [9.17, 15) is 9.59 Å². The van der Waals surface area contributed by atoms with Crippen LogP contribution in [0.1, 0.15) is 24.8 Å². The van der Waals surface area contributed by atoms with Crippen LogP contribution in [-0.4, -0.2) is 37.4 Å². The van der Waals surface area contributed by atoms with E-state index in [1.807, 2.05) is 12.1 Å². The first kappa shape index (κ1) is 17.6. The van der Waals surface area contributed by atoms with Gasteiger partial charge in [-0.2, -0.15) is 19.6 Å². The molecule has 2 aromatic heterocycles. The quantitative estimate of drug-likeness (QED) is 0.438. The van der Waals surface area contributed by atoms with E-state index in [0.29, 0.717) is 39.7 Å². The second kappa shape index (κ2) is 6.85. The lowest BCUT2D eigenvalue weighted by molar-refractivity contribution is -0.124. The van der Waals surface area contributed by atoms with Gasteiger partial charge in [0.1, 0.15) is 0 Å². The number of rotatable bonds is 5. The van der Waals surface area contributed by atoms with Crippen LogP contribution in [0.5, 0.6) is 0 Å². The van der Waals surface area contributed by atoms with Crippen LogP contribution in [0.2, 0.25) is 5.02 Å². The zero-order chi connectivity index (χ0) is 20.0. The molecule has 0 spiro atoms. The molecule has 0 bridgehead atoms. The Hall–Kier alpha value is -3.46. The minimum Gasteiger partial charge on any atom is -0.351 e. The standard InChI is InChI=1S/C19H16ClN7O2/c20-12-2-1-3-14(8-12)22-18-25-16-11(6-10-7-15(28)24-17(10)29)9-21-27(16)19(26-18)23-13-4-5-13/h1-3,6,8-9,13H,4-5,7H2,(H,24,28,29)(H2,22,23,25,26)/b10-6+. The van der Waals surface area contributed by atoms with Gasteiger partial charge < -0.3 is 10.6 Å². The van der Waals surface area contributed by atoms with Gasteiger partial charge >= 0.3 is 0 Å². The molecule has 3 heterocycles. The van der Waals surface area contributed by atoms with E-state index in [1.165, 1.54) is 0 Å². The van der Waals surface area contributed by atoms with Crippen molar-refractivity contribution in [2.45, 2.75) is 25.3 Å². The molecule has 1 aromatic carbocycles. The van der Waals surface area contributed by atoms with Crippen LogP contribution >= 0.6 is 11.6 Å². The van der Waals surface area contributed by atoms with Crippen LogP contribution in [0.3, 0.4) is 0 Å². The summed E-state index contributed by atoms with van der Waals surface area (Å²) in [7, 11) is 0. The highest BCUT2D eigenvalue weighted by molar-refractivity contribution is 6.30. The van der Waals surface area contributed by atoms with Crippen molar-refractivity contribution in [3.8, 4) is 0 Å². The molecule has 1 aliphatic heterocycles. The summed E-state index contributed by atoms with van der Waals surface area (Å²) in [6.45, 7) is 0. The number of halogens is 1. The molecule has 2 aliphatic rings. The summed E-state index contributed by atoms with van der Waals surface area (Å²) in [5.41, 5.74) is 2.27. The highest BCUT2D eigenvalue weighted by atomic mass is 35.5. The summed E-state index contributed by atoms with van der Waals surface area (Å²) in [6, 6.07) is 7.61. The number of hydrogen-bond acceptors (Lipinski definition) is 7. The first-order valence-electron chi connectivity index (χ1n) is 9.15. The fourth-order valence-corrected chi connectivity index (χ4v) is 3.25. The van der Waals surface area contributed by atoms with Crippen molar-refractivity contribution < 1.29 is 9.59 Å². The number of imide groups is 1. The number of nitrogens with one attached hydrogen (secondary N) is 3. The number of benzene rings is 1. The third-order valence-corrected chi connectivity index (χ3v) is 4.85. The van der Waals surface area contributed by atoms with Gasteiger partial charge in [-0.05, 0) is 37.1 Å². The first-order valence-corrected chi connectivity index (χ1v) is 9.52. The Labute approximate surface area is 170 Å². The molecule has 3 aromatic rings. The summed E-state index contributed by atoms with van der Waals surface area (Å²) in [5.74, 6) is 0.220. The smallest absolute Gasteiger partial charge is 0.254 e. The van der Waals surface area contributed by atoms with Gasteiger partial charge in [0.05, 0.1) is 12.6 Å². The molecule has 3 N–H and O–H groups in total. The van der Waals surface area contributed by atoms with Crippen LogP contribution in [-0.2, 0) is 9.59 Å². The summed E-state index contributed by atoms with van der Waals surface area (Å²) in [6.07, 6.45) is 5.43. The van der Waals surface area contributed by atoms with Crippen molar-refractivity contribution in [3.05, 3.63) is 46.6 Å². The van der Waals surface area contributed by atoms with Crippen molar-refractivity contribution in [1.82, 2.24) is 24.9 Å². The molecule has 10 heteroatoms. The van der Waals surface area contributed by atoms with Crippen LogP contribution in [0.15, 0.2) is 36.0 Å². The highest BCUT2D eigenvalue weighted by Crippen LogP contribution is 2.27. The number of hydrogen-bond donors (Lipinski definition) is 3. The summed E-state index contributed by atoms with van der Waals surface area (Å²) < 4.78 is 1.60. The van der Waals surface area contributed by atoms with Crippen LogP contribution in [0.4, 0.5) is 17.6 Å². The number of amides is 2. The topological polar surface area (TPSA) is 113 Å². The zero-order valence-electron chi connectivity index (χ0n) is 15.1. The molecule has 146 valence electrons. The van der Waals surface area contributed by atoms with Crippen molar-refractivity contribution in [2.24, 2.45) is 0 Å². The fraction of sp³-hybridized carbons (Fsp3) is 0.211. The number of anilines is 3. The SMILES string of the molecule is O=C1C/C(=C\c2cnn3c(NC4CC4)nc(Nc4cccc(Cl)c4)nc23)C(=O)N1. The molecule has 1 saturated carbocycles. The van der Waals surface area contributed by atoms with E-state index >= 15 is 0 Å². The van der Waals surface area contributed by atoms with E-state index in [4.69, 9.17) is 11.6 Å². The van der Waals surface area contributed by atoms with Gasteiger partial charge in [0.2, 0.25) is 17.8 Å². The third kappa shape index (κ3) is 3.64. The predicted molar refractivity (Wildman–Crippen MR) is 108 cm³/mol. The van der Waals surface area contributed by atoms with E-state index in [0.717, 1.165) is 18.5 Å². The average molecular weight is 410 g/mol. The maximum absolute atomic E-state index is 11.9. The lowest BCUT2D eigenvalue weighted by Crippen LogP contribution is -2.19. The molecule has 0 atom stereocenters. The van der Waals surface area contributed by atoms with Gasteiger partial charge in [0.25, 0.3) is 5.91 Å². The Balaban J connectivity index is 1.57. The van der Waals surface area contributed by atoms with Gasteiger partial charge in [0, 0.05) is 27.9 Å². The third-order valence-electron chi connectivity index (χ3n) is 4.61. The fourth-order valence-electron chi connectivity index (χ4n) is 3.06. The maximum atomic E-state index is 11.9. The molecule has 5 rings (SSSR count). The van der Waals surface area contributed by atoms with E-state index in [2.05, 4.69) is 31.0 Å². The second-order valence-electron chi connectivity index (χ2n) is 6.98. The lowest BCUT2D eigenvalue weighted by atomic mass is 10.1. The highest BCUT2D eigenvalue weighted by Gasteiger charge is 2.26. The minimum absolute atomic E-state index is 0.0437. The summed E-state index contributed by atoms with van der Waals surface area (Å²) in [5, 5.41) is 13.7. The average Bonchev–Trinajstić information content (AvgIpc) is 3.31. The van der Waals surface area contributed by atoms with Crippen molar-refractivity contribution >= 4 is 52.7 Å². The summed E-state index contributed by atoms with van der Waals surface area (Å²) >= 11 is 6.06. The van der Waals surface area contributed by atoms with Gasteiger partial charge in [-0.3, -0.25) is 14.9 Å². The molecule has 9 nitrogen and oxygen atoms in total. The lowest BCUT2D eigenvalue weighted by Gasteiger charge is -2.10. The Bertz CT molecular complexity index is 1180. The van der Waals surface area contributed by atoms with E-state index in [1.54, 1.807) is 28.9 Å². The van der Waals surface area contributed by atoms with Gasteiger partial charge in [-0.25, -0.2) is 0 Å². The van der Waals surface area contributed by atoms with Gasteiger partial charge in [0.15, 0.2) is 5.65 Å². The Kier molecular flexibility index (Phi) is 4.17. The molecule has 1 saturated heterocycles. The largest absolute Gasteiger partial charge is 0.351 e. The maximum Gasteiger partial charge on any atom is 0.254 e. The molecule has 1 aliphatic carbocycles. The Morgan fingerprint density at radius 3 is 2.83 bits per heavy atom. The normalized spacial score (nSPS) is 17.8. The molecular weight excluding hydrogens is 394 g/mol. The number of nitrogens with zero attached hydrogens (tertiary/aromatic N) is 4. The molecule has 0 radical (unpaired) electrons. The molecule has 0 unspecified atom stereocenters. The second-order valence-corrected chi connectivity index (χ2v) is 7.42. The monoisotopic (exact) mass is 409 g/mol. The van der Waals surface area contributed by atoms with Gasteiger partial charge in [-0.15, -0.1) is 0 Å². The Morgan fingerprint density at radius 1 is 1.24 bits per heavy atom. The van der Waals surface area contributed by atoms with Crippen LogP contribution < -0.4 is 16.0 Å². The van der Waals surface area contributed by atoms with Crippen molar-refractivity contribution in [1.29, 1.82) is 0 Å². The van der Waals surface area contributed by atoms with Crippen LogP contribution in [0, 0.1) is 0 Å². The molecule has 2 fully saturated rings. The number of carbonyl (C=O) groups is 2. The van der Waals surface area contributed by atoms with Crippen molar-refractivity contribution in [2.75, 3.05) is 10.6 Å². The van der Waals surface area contributed by atoms with Gasteiger partial charge in [-0.1, -0.05) is 17.7 Å². The first-order chi connectivity index (χ1) is 14.0. The number of carbonyl (C=O) groups excluding carboxylic acids is 2. The number of fused-ring (bicyclic) bond motifs is 1. The van der Waals surface area contributed by atoms with Crippen LogP contribution in [0.25, 0.3) is 11.7 Å². The molecule has 2 amide bonds. The van der Waals surface area contributed by atoms with E-state index < -0.39 is 5.91 Å². The van der Waals surface area contributed by atoms with E-state index in [-0.39, 0.29) is 12.3 Å². The zero-order valence-corrected chi connectivity index (χ0v) is 15.9. The predicted octanol–water partition coefficient (Wildman–Crippen LogP) is 2.53. The molecular formula is C19H16ClN7O2. The minimum atomic E-state index is -0.392. The molecule has 29 heavy (non-hydrogen) atoms. The Morgan fingerprint density at radius 2 is 2.10 bits per heavy atom. The number of aromatic nitrogens is 4. The summed E-state index contributed by atoms with van der Waals surface area (Å²) in [4.78, 5) is 32.5. The van der Waals surface area contributed by atoms with Crippen molar-refractivity contribution in [3.63, 3.8) is 0 Å².